The third-order valence-electron chi connectivity index (χ3n) is 6.17. The molecule has 0 spiro atoms. The molecule has 0 bridgehead atoms. The smallest absolute Gasteiger partial charge is 0.329 e. The standard InChI is InChI=1S/C27H34Cl2N2O5/c1-30-14-8-9-15-35-25-21(28)17-20(24(32)23(25)29)26(33)31-22(16-18-10-4-2-5-11-18)27(34)36-19-12-6-3-7-13-19/h2,4-5,10-11,17,19,22,30,32H,3,6-9,12-16H2,1H3,(H,31,33)/t22-/m0/s1. The third-order valence-corrected chi connectivity index (χ3v) is 6.80. The number of aromatic hydroxyl groups is 1. The quantitative estimate of drug-likeness (QED) is 0.251. The molecule has 1 aliphatic rings. The van der Waals surface area contributed by atoms with E-state index in [4.69, 9.17) is 32.7 Å². The largest absolute Gasteiger partial charge is 0.505 e. The van der Waals surface area contributed by atoms with Crippen LogP contribution in [0.3, 0.4) is 0 Å². The van der Waals surface area contributed by atoms with E-state index in [0.717, 1.165) is 57.1 Å². The monoisotopic (exact) mass is 536 g/mol. The predicted octanol–water partition coefficient (Wildman–Crippen LogP) is 5.29. The highest BCUT2D eigenvalue weighted by molar-refractivity contribution is 6.39. The minimum Gasteiger partial charge on any atom is -0.505 e. The lowest BCUT2D eigenvalue weighted by Gasteiger charge is -2.25. The van der Waals surface area contributed by atoms with Crippen molar-refractivity contribution < 1.29 is 24.2 Å². The van der Waals surface area contributed by atoms with Gasteiger partial charge in [0, 0.05) is 6.42 Å². The van der Waals surface area contributed by atoms with Crippen molar-refractivity contribution in [1.29, 1.82) is 0 Å². The van der Waals surface area contributed by atoms with Gasteiger partial charge in [-0.1, -0.05) is 60.0 Å². The number of phenolic OH excluding ortho intramolecular Hbond substituents is 1. The molecule has 3 N–H and O–H groups in total. The van der Waals surface area contributed by atoms with Crippen molar-refractivity contribution in [3.63, 3.8) is 0 Å². The second-order valence-corrected chi connectivity index (χ2v) is 9.75. The molecule has 9 heteroatoms. The number of ether oxygens (including phenoxy) is 2. The number of carbonyl (C=O) groups is 2. The maximum atomic E-state index is 13.2. The van der Waals surface area contributed by atoms with E-state index in [1.165, 1.54) is 6.07 Å². The molecule has 1 aliphatic carbocycles. The first-order chi connectivity index (χ1) is 17.4. The first-order valence-electron chi connectivity index (χ1n) is 12.4. The van der Waals surface area contributed by atoms with Gasteiger partial charge >= 0.3 is 5.97 Å². The van der Waals surface area contributed by atoms with Crippen LogP contribution in [-0.2, 0) is 16.0 Å². The van der Waals surface area contributed by atoms with E-state index >= 15 is 0 Å². The Morgan fingerprint density at radius 2 is 1.83 bits per heavy atom. The van der Waals surface area contributed by atoms with Crippen LogP contribution in [-0.4, -0.2) is 49.3 Å². The lowest BCUT2D eigenvalue weighted by molar-refractivity contribution is -0.152. The summed E-state index contributed by atoms with van der Waals surface area (Å²) in [5, 5.41) is 16.4. The van der Waals surface area contributed by atoms with Crippen LogP contribution in [0, 0.1) is 0 Å². The molecule has 36 heavy (non-hydrogen) atoms. The average molecular weight is 537 g/mol. The molecule has 3 rings (SSSR count). The topological polar surface area (TPSA) is 96.9 Å². The van der Waals surface area contributed by atoms with Gasteiger partial charge < -0.3 is 25.2 Å². The minimum atomic E-state index is -0.943. The van der Waals surface area contributed by atoms with Crippen LogP contribution in [0.25, 0.3) is 0 Å². The summed E-state index contributed by atoms with van der Waals surface area (Å²) in [7, 11) is 1.87. The van der Waals surface area contributed by atoms with Crippen LogP contribution in [0.5, 0.6) is 11.5 Å². The Kier molecular flexibility index (Phi) is 11.2. The lowest BCUT2D eigenvalue weighted by Crippen LogP contribution is -2.44. The molecule has 0 aromatic heterocycles. The van der Waals surface area contributed by atoms with Crippen molar-refractivity contribution in [2.45, 2.75) is 63.5 Å². The SMILES string of the molecule is CNCCCCOc1c(Cl)cc(C(=O)N[C@@H](Cc2ccccc2)C(=O)OC2CCCCC2)c(O)c1Cl. The number of amides is 1. The summed E-state index contributed by atoms with van der Waals surface area (Å²) in [6.45, 7) is 1.21. The number of rotatable bonds is 12. The summed E-state index contributed by atoms with van der Waals surface area (Å²) in [6.07, 6.45) is 6.57. The first kappa shape index (κ1) is 28.1. The van der Waals surface area contributed by atoms with Crippen LogP contribution in [0.4, 0.5) is 0 Å². The molecule has 0 aliphatic heterocycles. The average Bonchev–Trinajstić information content (AvgIpc) is 2.88. The van der Waals surface area contributed by atoms with Gasteiger partial charge in [-0.25, -0.2) is 4.79 Å². The number of halogens is 2. The summed E-state index contributed by atoms with van der Waals surface area (Å²) < 4.78 is 11.4. The lowest BCUT2D eigenvalue weighted by atomic mass is 9.97. The Hall–Kier alpha value is -2.48. The van der Waals surface area contributed by atoms with Gasteiger partial charge in [0.05, 0.1) is 17.2 Å². The number of phenols is 1. The molecule has 0 radical (unpaired) electrons. The zero-order valence-corrected chi connectivity index (χ0v) is 22.0. The van der Waals surface area contributed by atoms with E-state index in [2.05, 4.69) is 10.6 Å². The van der Waals surface area contributed by atoms with Gasteiger partial charge in [0.25, 0.3) is 5.91 Å². The highest BCUT2D eigenvalue weighted by Crippen LogP contribution is 2.42. The summed E-state index contributed by atoms with van der Waals surface area (Å²) in [6, 6.07) is 9.72. The fourth-order valence-electron chi connectivity index (χ4n) is 4.18. The summed E-state index contributed by atoms with van der Waals surface area (Å²) >= 11 is 12.6. The minimum absolute atomic E-state index is 0.0981. The van der Waals surface area contributed by atoms with Crippen molar-refractivity contribution in [1.82, 2.24) is 10.6 Å². The molecular weight excluding hydrogens is 503 g/mol. The molecule has 7 nitrogen and oxygen atoms in total. The molecule has 196 valence electrons. The predicted molar refractivity (Wildman–Crippen MR) is 141 cm³/mol. The fraction of sp³-hybridized carbons (Fsp3) is 0.481. The third kappa shape index (κ3) is 8.02. The molecule has 1 saturated carbocycles. The Morgan fingerprint density at radius 3 is 2.53 bits per heavy atom. The molecule has 0 heterocycles. The number of hydrogen-bond donors (Lipinski definition) is 3. The van der Waals surface area contributed by atoms with Crippen molar-refractivity contribution in [2.75, 3.05) is 20.2 Å². The highest BCUT2D eigenvalue weighted by atomic mass is 35.5. The summed E-state index contributed by atoms with van der Waals surface area (Å²) in [5.41, 5.74) is 0.724. The van der Waals surface area contributed by atoms with E-state index in [1.807, 2.05) is 37.4 Å². The van der Waals surface area contributed by atoms with Gasteiger partial charge in [0.2, 0.25) is 0 Å². The first-order valence-corrected chi connectivity index (χ1v) is 13.2. The molecule has 1 atom stereocenters. The van der Waals surface area contributed by atoms with E-state index in [-0.39, 0.29) is 33.9 Å². The van der Waals surface area contributed by atoms with Crippen LogP contribution in [0.2, 0.25) is 10.0 Å². The van der Waals surface area contributed by atoms with Gasteiger partial charge in [0.15, 0.2) is 11.5 Å². The molecule has 0 saturated heterocycles. The second-order valence-electron chi connectivity index (χ2n) is 8.97. The molecule has 1 amide bonds. The van der Waals surface area contributed by atoms with Crippen molar-refractivity contribution >= 4 is 35.1 Å². The molecule has 1 fully saturated rings. The van der Waals surface area contributed by atoms with Crippen molar-refractivity contribution in [3.8, 4) is 11.5 Å². The van der Waals surface area contributed by atoms with Crippen LogP contribution in [0.15, 0.2) is 36.4 Å². The van der Waals surface area contributed by atoms with Crippen LogP contribution in [0.1, 0.15) is 60.9 Å². The number of esters is 1. The Balaban J connectivity index is 1.74. The van der Waals surface area contributed by atoms with Gasteiger partial charge in [0.1, 0.15) is 17.2 Å². The Morgan fingerprint density at radius 1 is 1.11 bits per heavy atom. The number of hydrogen-bond acceptors (Lipinski definition) is 6. The van der Waals surface area contributed by atoms with Gasteiger partial charge in [-0.15, -0.1) is 0 Å². The van der Waals surface area contributed by atoms with E-state index in [9.17, 15) is 14.7 Å². The molecule has 0 unspecified atom stereocenters. The molecule has 2 aromatic rings. The van der Waals surface area contributed by atoms with Crippen molar-refractivity contribution in [3.05, 3.63) is 57.6 Å². The summed E-state index contributed by atoms with van der Waals surface area (Å²) in [4.78, 5) is 26.2. The number of carbonyl (C=O) groups excluding carboxylic acids is 2. The maximum absolute atomic E-state index is 13.2. The zero-order chi connectivity index (χ0) is 25.9. The van der Waals surface area contributed by atoms with E-state index in [0.29, 0.717) is 6.61 Å². The van der Waals surface area contributed by atoms with Gasteiger partial charge in [-0.2, -0.15) is 0 Å². The zero-order valence-electron chi connectivity index (χ0n) is 20.5. The fourth-order valence-corrected chi connectivity index (χ4v) is 4.75. The number of nitrogens with one attached hydrogen (secondary N) is 2. The van der Waals surface area contributed by atoms with E-state index < -0.39 is 23.7 Å². The highest BCUT2D eigenvalue weighted by Gasteiger charge is 2.29. The van der Waals surface area contributed by atoms with Crippen LogP contribution < -0.4 is 15.4 Å². The molecule has 2 aromatic carbocycles. The second kappa shape index (κ2) is 14.3. The molecular formula is C27H34Cl2N2O5. The Bertz CT molecular complexity index is 1010. The number of benzene rings is 2. The van der Waals surface area contributed by atoms with Gasteiger partial charge in [-0.05, 0) is 63.7 Å². The normalized spacial score (nSPS) is 14.8. The van der Waals surface area contributed by atoms with E-state index in [1.54, 1.807) is 0 Å². The number of unbranched alkanes of at least 4 members (excludes halogenated alkanes) is 1. The van der Waals surface area contributed by atoms with Crippen molar-refractivity contribution in [2.24, 2.45) is 0 Å². The Labute approximate surface area is 222 Å². The maximum Gasteiger partial charge on any atom is 0.329 e. The summed E-state index contributed by atoms with van der Waals surface area (Å²) in [5.74, 6) is -1.52. The van der Waals surface area contributed by atoms with Gasteiger partial charge in [-0.3, -0.25) is 4.79 Å². The van der Waals surface area contributed by atoms with Crippen LogP contribution >= 0.6 is 23.2 Å².